The Kier molecular flexibility index (Phi) is 8.31. The number of nitrogens with one attached hydrogen (secondary N) is 4. The third-order valence-corrected chi connectivity index (χ3v) is 7.36. The zero-order valence-electron chi connectivity index (χ0n) is 22.3. The maximum absolute atomic E-state index is 13.4. The molecule has 5 aromatic rings. The molecule has 41 heavy (non-hydrogen) atoms. The Morgan fingerprint density at radius 2 is 1.68 bits per heavy atom. The Morgan fingerprint density at radius 1 is 0.951 bits per heavy atom. The number of rotatable bonds is 9. The Bertz CT molecular complexity index is 1720. The number of fused-ring (bicyclic) bond motifs is 1. The number of hydrogen-bond donors (Lipinski definition) is 4. The molecule has 0 saturated carbocycles. The van der Waals surface area contributed by atoms with Crippen molar-refractivity contribution in [2.45, 2.75) is 24.0 Å². The minimum Gasteiger partial charge on any atom is -0.361 e. The predicted molar refractivity (Wildman–Crippen MR) is 160 cm³/mol. The number of aromatic nitrogens is 2. The van der Waals surface area contributed by atoms with E-state index in [1.807, 2.05) is 42.5 Å². The fourth-order valence-electron chi connectivity index (χ4n) is 4.04. The van der Waals surface area contributed by atoms with E-state index in [4.69, 9.17) is 4.52 Å². The van der Waals surface area contributed by atoms with Crippen LogP contribution in [-0.2, 0) is 9.59 Å². The van der Waals surface area contributed by atoms with Gasteiger partial charge >= 0.3 is 0 Å². The van der Waals surface area contributed by atoms with E-state index in [1.54, 1.807) is 62.5 Å². The van der Waals surface area contributed by atoms with Crippen molar-refractivity contribution >= 4 is 57.8 Å². The van der Waals surface area contributed by atoms with Gasteiger partial charge in [0.05, 0.1) is 11.4 Å². The minimum atomic E-state index is -0.475. The number of para-hydroxylation sites is 1. The molecule has 2 aromatic heterocycles. The molecule has 9 nitrogen and oxygen atoms in total. The van der Waals surface area contributed by atoms with Gasteiger partial charge in [0, 0.05) is 38.8 Å². The fraction of sp³-hybridized carbons (Fsp3) is 0.0968. The summed E-state index contributed by atoms with van der Waals surface area (Å²) >= 11 is 1.38. The van der Waals surface area contributed by atoms with Gasteiger partial charge in [0.1, 0.15) is 11.4 Å². The highest BCUT2D eigenvalue weighted by Gasteiger charge is 2.18. The standard InChI is InChI=1S/C31H27N5O4S/c1-19-28(18-33-40-19)36-29(37)20(2)41-24-14-12-23(13-15-24)34-31(39)27(35-30(38)21-8-4-3-5-9-21)16-22-17-32-26-11-7-6-10-25(22)26/h3-18,20,32H,1-2H3,(H,34,39)(H,35,38)(H,36,37)/b27-16+/t20-/m0/s1. The minimum absolute atomic E-state index is 0.0939. The van der Waals surface area contributed by atoms with Crippen molar-refractivity contribution in [3.8, 4) is 0 Å². The largest absolute Gasteiger partial charge is 0.361 e. The van der Waals surface area contributed by atoms with E-state index in [1.165, 1.54) is 18.0 Å². The number of hydrogen-bond acceptors (Lipinski definition) is 6. The SMILES string of the molecule is Cc1oncc1NC(=O)[C@H](C)Sc1ccc(NC(=O)/C(=C\c2c[nH]c3ccccc23)NC(=O)c2ccccc2)cc1. The van der Waals surface area contributed by atoms with E-state index >= 15 is 0 Å². The molecule has 0 unspecified atom stereocenters. The zero-order valence-corrected chi connectivity index (χ0v) is 23.1. The van der Waals surface area contributed by atoms with Crippen LogP contribution in [0.15, 0.2) is 106 Å². The smallest absolute Gasteiger partial charge is 0.272 e. The third kappa shape index (κ3) is 6.74. The molecule has 0 spiro atoms. The second-order valence-electron chi connectivity index (χ2n) is 9.19. The van der Waals surface area contributed by atoms with Gasteiger partial charge in [-0.1, -0.05) is 41.6 Å². The van der Waals surface area contributed by atoms with Crippen molar-refractivity contribution in [2.24, 2.45) is 0 Å². The Hall–Kier alpha value is -5.09. The Morgan fingerprint density at radius 3 is 2.41 bits per heavy atom. The molecule has 0 bridgehead atoms. The van der Waals surface area contributed by atoms with Crippen molar-refractivity contribution in [3.63, 3.8) is 0 Å². The van der Waals surface area contributed by atoms with E-state index in [-0.39, 0.29) is 16.9 Å². The van der Waals surface area contributed by atoms with Crippen molar-refractivity contribution in [2.75, 3.05) is 10.6 Å². The lowest BCUT2D eigenvalue weighted by Gasteiger charge is -2.13. The molecule has 1 atom stereocenters. The van der Waals surface area contributed by atoms with E-state index in [0.29, 0.717) is 22.7 Å². The third-order valence-electron chi connectivity index (χ3n) is 6.25. The zero-order chi connectivity index (χ0) is 28.8. The van der Waals surface area contributed by atoms with E-state index < -0.39 is 11.8 Å². The molecule has 10 heteroatoms. The lowest BCUT2D eigenvalue weighted by Crippen LogP contribution is -2.30. The number of carbonyl (C=O) groups is 3. The molecule has 3 aromatic carbocycles. The first kappa shape index (κ1) is 27.5. The first-order valence-electron chi connectivity index (χ1n) is 12.8. The molecule has 0 aliphatic rings. The van der Waals surface area contributed by atoms with Crippen molar-refractivity contribution in [3.05, 3.63) is 114 Å². The maximum Gasteiger partial charge on any atom is 0.272 e. The summed E-state index contributed by atoms with van der Waals surface area (Å²) < 4.78 is 4.98. The van der Waals surface area contributed by atoms with Crippen molar-refractivity contribution < 1.29 is 18.9 Å². The topological polar surface area (TPSA) is 129 Å². The van der Waals surface area contributed by atoms with Gasteiger partial charge in [-0.2, -0.15) is 0 Å². The predicted octanol–water partition coefficient (Wildman–Crippen LogP) is 5.99. The molecule has 0 aliphatic heterocycles. The summed E-state index contributed by atoms with van der Waals surface area (Å²) in [7, 11) is 0. The first-order valence-corrected chi connectivity index (χ1v) is 13.7. The molecular formula is C31H27N5O4S. The normalized spacial score (nSPS) is 12.1. The summed E-state index contributed by atoms with van der Waals surface area (Å²) in [5.41, 5.74) is 3.28. The van der Waals surface area contributed by atoms with Gasteiger partial charge in [-0.3, -0.25) is 14.4 Å². The van der Waals surface area contributed by atoms with Gasteiger partial charge in [-0.25, -0.2) is 0 Å². The van der Waals surface area contributed by atoms with Crippen LogP contribution in [-0.4, -0.2) is 33.1 Å². The number of thioether (sulfide) groups is 1. The van der Waals surface area contributed by atoms with Gasteiger partial charge in [-0.05, 0) is 62.4 Å². The van der Waals surface area contributed by atoms with Crippen LogP contribution in [0.3, 0.4) is 0 Å². The number of amides is 3. The molecule has 4 N–H and O–H groups in total. The van der Waals surface area contributed by atoms with Crippen molar-refractivity contribution in [1.82, 2.24) is 15.5 Å². The van der Waals surface area contributed by atoms with Crippen LogP contribution >= 0.6 is 11.8 Å². The van der Waals surface area contributed by atoms with Crippen LogP contribution in [0.2, 0.25) is 0 Å². The van der Waals surface area contributed by atoms with E-state index in [0.717, 1.165) is 21.4 Å². The lowest BCUT2D eigenvalue weighted by molar-refractivity contribution is -0.115. The molecule has 3 amide bonds. The second-order valence-corrected chi connectivity index (χ2v) is 10.6. The number of benzene rings is 3. The van der Waals surface area contributed by atoms with Crippen LogP contribution in [0.5, 0.6) is 0 Å². The van der Waals surface area contributed by atoms with Gasteiger partial charge in [-0.15, -0.1) is 11.8 Å². The van der Waals surface area contributed by atoms with Crippen LogP contribution < -0.4 is 16.0 Å². The lowest BCUT2D eigenvalue weighted by atomic mass is 10.1. The quantitative estimate of drug-likeness (QED) is 0.128. The van der Waals surface area contributed by atoms with Gasteiger partial charge in [0.15, 0.2) is 5.76 Å². The van der Waals surface area contributed by atoms with Gasteiger partial charge < -0.3 is 25.5 Å². The highest BCUT2D eigenvalue weighted by Crippen LogP contribution is 2.26. The summed E-state index contributed by atoms with van der Waals surface area (Å²) in [5.74, 6) is -0.516. The second kappa shape index (κ2) is 12.4. The molecule has 206 valence electrons. The molecule has 0 aliphatic carbocycles. The number of carbonyl (C=O) groups excluding carboxylic acids is 3. The van der Waals surface area contributed by atoms with Crippen LogP contribution in [0, 0.1) is 6.92 Å². The number of anilines is 2. The summed E-state index contributed by atoms with van der Waals surface area (Å²) in [4.78, 5) is 42.9. The Balaban J connectivity index is 1.30. The number of H-pyrrole nitrogens is 1. The highest BCUT2D eigenvalue weighted by atomic mass is 32.2. The van der Waals surface area contributed by atoms with Crippen LogP contribution in [0.1, 0.15) is 28.6 Å². The fourth-order valence-corrected chi connectivity index (χ4v) is 4.90. The number of aromatic amines is 1. The Labute approximate surface area is 240 Å². The maximum atomic E-state index is 13.4. The van der Waals surface area contributed by atoms with Crippen molar-refractivity contribution in [1.29, 1.82) is 0 Å². The van der Waals surface area contributed by atoms with E-state index in [2.05, 4.69) is 26.1 Å². The van der Waals surface area contributed by atoms with Crippen LogP contribution in [0.25, 0.3) is 17.0 Å². The van der Waals surface area contributed by atoms with Crippen LogP contribution in [0.4, 0.5) is 11.4 Å². The number of aryl methyl sites for hydroxylation is 1. The highest BCUT2D eigenvalue weighted by molar-refractivity contribution is 8.00. The summed E-state index contributed by atoms with van der Waals surface area (Å²) in [5, 5.41) is 12.6. The summed E-state index contributed by atoms with van der Waals surface area (Å²) in [6, 6.07) is 23.6. The molecule has 0 fully saturated rings. The van der Waals surface area contributed by atoms with Gasteiger partial charge in [0.2, 0.25) is 5.91 Å². The molecule has 0 radical (unpaired) electrons. The van der Waals surface area contributed by atoms with Gasteiger partial charge in [0.25, 0.3) is 11.8 Å². The average molecular weight is 566 g/mol. The summed E-state index contributed by atoms with van der Waals surface area (Å²) in [6.45, 7) is 3.53. The average Bonchev–Trinajstić information content (AvgIpc) is 3.59. The molecule has 5 rings (SSSR count). The molecule has 0 saturated heterocycles. The monoisotopic (exact) mass is 565 g/mol. The molecular weight excluding hydrogens is 538 g/mol. The number of nitrogens with zero attached hydrogens (tertiary/aromatic N) is 1. The summed E-state index contributed by atoms with van der Waals surface area (Å²) in [6.07, 6.45) is 4.91. The van der Waals surface area contributed by atoms with E-state index in [9.17, 15) is 14.4 Å². The first-order chi connectivity index (χ1) is 19.9. The molecule has 2 heterocycles.